The lowest BCUT2D eigenvalue weighted by atomic mass is 9.82. The fraction of sp³-hybridized carbons (Fsp3) is 0.0870. The molecule has 6 nitrogen and oxygen atoms in total. The molecule has 1 heterocycles. The second-order valence-corrected chi connectivity index (χ2v) is 6.98. The fourth-order valence-electron chi connectivity index (χ4n) is 3.57. The molecule has 0 atom stereocenters. The van der Waals surface area contributed by atoms with Crippen molar-refractivity contribution >= 4 is 23.5 Å². The van der Waals surface area contributed by atoms with E-state index in [9.17, 15) is 23.2 Å². The third-order valence-electron chi connectivity index (χ3n) is 5.02. The van der Waals surface area contributed by atoms with Gasteiger partial charge in [0.2, 0.25) is 5.91 Å². The number of amides is 4. The van der Waals surface area contributed by atoms with Gasteiger partial charge in [0, 0.05) is 11.8 Å². The van der Waals surface area contributed by atoms with Crippen LogP contribution < -0.4 is 10.6 Å². The molecule has 4 rings (SSSR count). The van der Waals surface area contributed by atoms with Crippen LogP contribution in [0.15, 0.2) is 78.9 Å². The molecule has 0 saturated carbocycles. The van der Waals surface area contributed by atoms with Gasteiger partial charge in [-0.05, 0) is 23.3 Å². The number of hydrogen-bond acceptors (Lipinski definition) is 3. The van der Waals surface area contributed by atoms with E-state index in [1.54, 1.807) is 60.7 Å². The van der Waals surface area contributed by atoms with E-state index in [1.807, 2.05) is 0 Å². The van der Waals surface area contributed by atoms with Crippen LogP contribution in [0.25, 0.3) is 0 Å². The van der Waals surface area contributed by atoms with Crippen molar-refractivity contribution in [3.8, 4) is 0 Å². The first kappa shape index (κ1) is 20.2. The Hall–Kier alpha value is -4.07. The molecule has 1 fully saturated rings. The summed E-state index contributed by atoms with van der Waals surface area (Å²) in [6.07, 6.45) is 0. The van der Waals surface area contributed by atoms with Crippen molar-refractivity contribution in [1.82, 2.24) is 10.2 Å². The summed E-state index contributed by atoms with van der Waals surface area (Å²) in [5.74, 6) is -3.52. The normalized spacial score (nSPS) is 15.0. The quantitative estimate of drug-likeness (QED) is 0.620. The highest BCUT2D eigenvalue weighted by atomic mass is 19.2. The van der Waals surface area contributed by atoms with Gasteiger partial charge in [-0.2, -0.15) is 0 Å². The molecule has 0 unspecified atom stereocenters. The highest BCUT2D eigenvalue weighted by Crippen LogP contribution is 2.35. The van der Waals surface area contributed by atoms with E-state index in [2.05, 4.69) is 10.6 Å². The average molecular weight is 421 g/mol. The third-order valence-corrected chi connectivity index (χ3v) is 5.02. The summed E-state index contributed by atoms with van der Waals surface area (Å²) >= 11 is 0. The van der Waals surface area contributed by atoms with Gasteiger partial charge >= 0.3 is 6.03 Å². The largest absolute Gasteiger partial charge is 0.326 e. The molecule has 0 spiro atoms. The van der Waals surface area contributed by atoms with Crippen LogP contribution in [-0.2, 0) is 15.1 Å². The summed E-state index contributed by atoms with van der Waals surface area (Å²) in [7, 11) is 0. The predicted molar refractivity (Wildman–Crippen MR) is 109 cm³/mol. The van der Waals surface area contributed by atoms with Gasteiger partial charge in [0.05, 0.1) is 0 Å². The first-order valence-electron chi connectivity index (χ1n) is 9.42. The lowest BCUT2D eigenvalue weighted by Crippen LogP contribution is -2.45. The minimum Gasteiger partial charge on any atom is -0.324 e. The van der Waals surface area contributed by atoms with Crippen molar-refractivity contribution in [1.29, 1.82) is 0 Å². The van der Waals surface area contributed by atoms with Crippen molar-refractivity contribution in [2.75, 3.05) is 11.9 Å². The molecule has 2 N–H and O–H groups in total. The number of carbonyl (C=O) groups excluding carboxylic acids is 3. The lowest BCUT2D eigenvalue weighted by Gasteiger charge is -2.28. The maximum Gasteiger partial charge on any atom is 0.326 e. The van der Waals surface area contributed by atoms with E-state index >= 15 is 0 Å². The number of halogens is 2. The molecular formula is C23H17F2N3O3. The number of urea groups is 1. The van der Waals surface area contributed by atoms with Crippen LogP contribution in [0.2, 0.25) is 0 Å². The SMILES string of the molecule is O=C(CN1C(=O)NC(c2ccccc2)(c2ccccc2)C1=O)Nc1ccc(F)c(F)c1. The van der Waals surface area contributed by atoms with E-state index in [4.69, 9.17) is 0 Å². The van der Waals surface area contributed by atoms with Gasteiger partial charge in [-0.3, -0.25) is 14.5 Å². The van der Waals surface area contributed by atoms with Gasteiger partial charge in [0.15, 0.2) is 17.2 Å². The predicted octanol–water partition coefficient (Wildman–Crippen LogP) is 3.40. The Bertz CT molecular complexity index is 1110. The first-order chi connectivity index (χ1) is 14.9. The second-order valence-electron chi connectivity index (χ2n) is 6.98. The summed E-state index contributed by atoms with van der Waals surface area (Å²) in [5, 5.41) is 5.10. The molecule has 1 aliphatic heterocycles. The van der Waals surface area contributed by atoms with Crippen LogP contribution in [0.5, 0.6) is 0 Å². The molecule has 3 aromatic carbocycles. The minimum absolute atomic E-state index is 0.00772. The Labute approximate surface area is 176 Å². The Balaban J connectivity index is 1.63. The van der Waals surface area contributed by atoms with E-state index in [0.717, 1.165) is 17.0 Å². The van der Waals surface area contributed by atoms with Crippen LogP contribution in [0, 0.1) is 11.6 Å². The summed E-state index contributed by atoms with van der Waals surface area (Å²) in [6, 6.07) is 19.6. The standard InChI is InChI=1S/C23H17F2N3O3/c24-18-12-11-17(13-19(18)25)26-20(29)14-28-21(30)23(27-22(28)31,15-7-3-1-4-8-15)16-9-5-2-6-10-16/h1-13H,14H2,(H,26,29)(H,27,31). The monoisotopic (exact) mass is 421 g/mol. The molecule has 3 aromatic rings. The number of anilines is 1. The maximum atomic E-state index is 13.5. The average Bonchev–Trinajstić information content (AvgIpc) is 3.03. The molecule has 0 radical (unpaired) electrons. The van der Waals surface area contributed by atoms with E-state index in [0.29, 0.717) is 11.1 Å². The van der Waals surface area contributed by atoms with Gasteiger partial charge in [-0.1, -0.05) is 60.7 Å². The molecule has 156 valence electrons. The van der Waals surface area contributed by atoms with Gasteiger partial charge in [0.25, 0.3) is 5.91 Å². The maximum absolute atomic E-state index is 13.5. The Morgan fingerprint density at radius 1 is 0.871 bits per heavy atom. The van der Waals surface area contributed by atoms with Gasteiger partial charge in [-0.25, -0.2) is 13.6 Å². The van der Waals surface area contributed by atoms with Crippen LogP contribution in [-0.4, -0.2) is 29.3 Å². The number of nitrogens with one attached hydrogen (secondary N) is 2. The molecule has 0 aliphatic carbocycles. The number of carbonyl (C=O) groups is 3. The summed E-state index contributed by atoms with van der Waals surface area (Å²) in [6.45, 7) is -0.592. The van der Waals surface area contributed by atoms with Crippen LogP contribution in [0.1, 0.15) is 11.1 Å². The van der Waals surface area contributed by atoms with E-state index in [1.165, 1.54) is 6.07 Å². The van der Waals surface area contributed by atoms with Crippen molar-refractivity contribution in [2.45, 2.75) is 5.54 Å². The number of rotatable bonds is 5. The molecule has 0 bridgehead atoms. The topological polar surface area (TPSA) is 78.5 Å². The molecule has 8 heteroatoms. The summed E-state index contributed by atoms with van der Waals surface area (Å²) in [4.78, 5) is 39.5. The first-order valence-corrected chi connectivity index (χ1v) is 9.42. The van der Waals surface area contributed by atoms with Crippen molar-refractivity contribution in [3.63, 3.8) is 0 Å². The van der Waals surface area contributed by atoms with Crippen LogP contribution >= 0.6 is 0 Å². The molecule has 4 amide bonds. The van der Waals surface area contributed by atoms with Crippen LogP contribution in [0.3, 0.4) is 0 Å². The Morgan fingerprint density at radius 3 is 2.00 bits per heavy atom. The lowest BCUT2D eigenvalue weighted by molar-refractivity contribution is -0.133. The minimum atomic E-state index is -1.48. The van der Waals surface area contributed by atoms with Crippen molar-refractivity contribution in [3.05, 3.63) is 102 Å². The van der Waals surface area contributed by atoms with E-state index < -0.39 is 41.6 Å². The van der Waals surface area contributed by atoms with Gasteiger partial charge < -0.3 is 10.6 Å². The zero-order valence-corrected chi connectivity index (χ0v) is 16.1. The molecule has 31 heavy (non-hydrogen) atoms. The third kappa shape index (κ3) is 3.63. The molecule has 0 aromatic heterocycles. The van der Waals surface area contributed by atoms with Gasteiger partial charge in [0.1, 0.15) is 6.54 Å². The van der Waals surface area contributed by atoms with Gasteiger partial charge in [-0.15, -0.1) is 0 Å². The highest BCUT2D eigenvalue weighted by Gasteiger charge is 2.54. The van der Waals surface area contributed by atoms with Crippen molar-refractivity contribution in [2.24, 2.45) is 0 Å². The summed E-state index contributed by atoms with van der Waals surface area (Å²) in [5.41, 5.74) is -0.388. The fourth-order valence-corrected chi connectivity index (χ4v) is 3.57. The highest BCUT2D eigenvalue weighted by molar-refractivity contribution is 6.12. The zero-order chi connectivity index (χ0) is 22.0. The second kappa shape index (κ2) is 7.98. The summed E-state index contributed by atoms with van der Waals surface area (Å²) < 4.78 is 26.5. The smallest absolute Gasteiger partial charge is 0.324 e. The van der Waals surface area contributed by atoms with Crippen molar-refractivity contribution < 1.29 is 23.2 Å². The number of nitrogens with zero attached hydrogens (tertiary/aromatic N) is 1. The molecule has 1 aliphatic rings. The molecular weight excluding hydrogens is 404 g/mol. The zero-order valence-electron chi connectivity index (χ0n) is 16.1. The van der Waals surface area contributed by atoms with Crippen LogP contribution in [0.4, 0.5) is 19.3 Å². The Morgan fingerprint density at radius 2 is 1.45 bits per heavy atom. The van der Waals surface area contributed by atoms with E-state index in [-0.39, 0.29) is 5.69 Å². The number of imide groups is 1. The molecule has 1 saturated heterocycles. The Kier molecular flexibility index (Phi) is 5.21. The number of hydrogen-bond donors (Lipinski definition) is 2. The number of benzene rings is 3.